The molecule has 0 fully saturated rings. The van der Waals surface area contributed by atoms with Crippen molar-refractivity contribution in [3.8, 4) is 11.5 Å². The molecular weight excluding hydrogens is 558 g/mol. The molecule has 10 nitrogen and oxygen atoms in total. The van der Waals surface area contributed by atoms with Gasteiger partial charge in [0.1, 0.15) is 23.6 Å². The maximum absolute atomic E-state index is 13.6. The Morgan fingerprint density at radius 3 is 2.34 bits per heavy atom. The zero-order valence-corrected chi connectivity index (χ0v) is 25.4. The van der Waals surface area contributed by atoms with Gasteiger partial charge in [-0.05, 0) is 73.5 Å². The lowest BCUT2D eigenvalue weighted by Crippen LogP contribution is -2.52. The van der Waals surface area contributed by atoms with Crippen molar-refractivity contribution in [3.63, 3.8) is 0 Å². The van der Waals surface area contributed by atoms with Gasteiger partial charge in [0.15, 0.2) is 5.60 Å². The third-order valence-electron chi connectivity index (χ3n) is 8.06. The van der Waals surface area contributed by atoms with Crippen LogP contribution in [0.1, 0.15) is 68.7 Å². The molecule has 3 amide bonds. The summed E-state index contributed by atoms with van der Waals surface area (Å²) >= 11 is 0. The van der Waals surface area contributed by atoms with Crippen molar-refractivity contribution in [2.75, 3.05) is 17.6 Å². The van der Waals surface area contributed by atoms with Gasteiger partial charge < -0.3 is 36.9 Å². The number of nitrogens with two attached hydrogens (primary N) is 2. The summed E-state index contributed by atoms with van der Waals surface area (Å²) in [6, 6.07) is 17.6. The summed E-state index contributed by atoms with van der Waals surface area (Å²) in [5, 5.41) is 8.54. The van der Waals surface area contributed by atoms with Crippen molar-refractivity contribution in [2.45, 2.75) is 70.7 Å². The Labute approximate surface area is 257 Å². The Bertz CT molecular complexity index is 1560. The van der Waals surface area contributed by atoms with Gasteiger partial charge in [-0.15, -0.1) is 0 Å². The van der Waals surface area contributed by atoms with Crippen LogP contribution < -0.4 is 32.2 Å². The molecule has 44 heavy (non-hydrogen) atoms. The molecule has 0 saturated carbocycles. The number of nitrogen functional groups attached to an aromatic ring is 1. The van der Waals surface area contributed by atoms with Crippen LogP contribution in [0.15, 0.2) is 60.7 Å². The van der Waals surface area contributed by atoms with Crippen LogP contribution >= 0.6 is 0 Å². The molecule has 2 heterocycles. The molecule has 3 atom stereocenters. The maximum atomic E-state index is 13.6. The smallest absolute Gasteiger partial charge is 0.246 e. The largest absolute Gasteiger partial charge is 0.456 e. The number of hydrogen-bond donors (Lipinski definition) is 5. The van der Waals surface area contributed by atoms with Crippen molar-refractivity contribution in [3.05, 3.63) is 82.9 Å². The van der Waals surface area contributed by atoms with Crippen molar-refractivity contribution in [1.82, 2.24) is 10.6 Å². The first kappa shape index (κ1) is 31.0. The van der Waals surface area contributed by atoms with E-state index >= 15 is 0 Å². The highest BCUT2D eigenvalue weighted by Gasteiger charge is 2.49. The van der Waals surface area contributed by atoms with Crippen LogP contribution in [-0.4, -0.2) is 36.3 Å². The molecule has 3 aromatic carbocycles. The second-order valence-corrected chi connectivity index (χ2v) is 11.9. The summed E-state index contributed by atoms with van der Waals surface area (Å²) in [7, 11) is 0. The van der Waals surface area contributed by atoms with Gasteiger partial charge in [0.05, 0.1) is 6.61 Å². The average molecular weight is 600 g/mol. The fourth-order valence-corrected chi connectivity index (χ4v) is 6.06. The van der Waals surface area contributed by atoms with E-state index in [1.807, 2.05) is 50.2 Å². The summed E-state index contributed by atoms with van der Waals surface area (Å²) in [6.45, 7) is 6.23. The van der Waals surface area contributed by atoms with Gasteiger partial charge >= 0.3 is 0 Å². The van der Waals surface area contributed by atoms with E-state index in [0.717, 1.165) is 22.3 Å². The van der Waals surface area contributed by atoms with Crippen molar-refractivity contribution in [1.29, 1.82) is 0 Å². The Morgan fingerprint density at radius 2 is 1.61 bits per heavy atom. The van der Waals surface area contributed by atoms with E-state index in [4.69, 9.17) is 20.9 Å². The Kier molecular flexibility index (Phi) is 9.22. The predicted octanol–water partition coefficient (Wildman–Crippen LogP) is 4.30. The molecule has 232 valence electrons. The third kappa shape index (κ3) is 6.27. The molecule has 2 aliphatic heterocycles. The first-order valence-corrected chi connectivity index (χ1v) is 15.2. The summed E-state index contributed by atoms with van der Waals surface area (Å²) in [5.41, 5.74) is 15.8. The fraction of sp³-hybridized carbons (Fsp3) is 0.382. The number of fused-ring (bicyclic) bond motifs is 6. The van der Waals surface area contributed by atoms with Gasteiger partial charge in [-0.2, -0.15) is 0 Å². The number of hydrogen-bond acceptors (Lipinski definition) is 7. The first-order chi connectivity index (χ1) is 21.1. The summed E-state index contributed by atoms with van der Waals surface area (Å²) < 4.78 is 12.9. The SMILES string of the molecule is CC(=O)N[C@@H](CC(C)C)C(=O)N[C@@H](CCCCN)C(=O)Nc1ccc2c(c1)Oc1cc(N)ccc1C21OCc2ccccc21. The molecule has 1 spiro atoms. The van der Waals surface area contributed by atoms with E-state index in [1.165, 1.54) is 6.92 Å². The minimum atomic E-state index is -0.885. The number of carbonyl (C=O) groups is 3. The minimum absolute atomic E-state index is 0.164. The molecular formula is C34H41N5O5. The monoisotopic (exact) mass is 599 g/mol. The van der Waals surface area contributed by atoms with Crippen LogP contribution in [0.4, 0.5) is 11.4 Å². The van der Waals surface area contributed by atoms with Crippen molar-refractivity contribution < 1.29 is 23.9 Å². The normalized spacial score (nSPS) is 17.6. The zero-order chi connectivity index (χ0) is 31.4. The Balaban J connectivity index is 1.43. The van der Waals surface area contributed by atoms with E-state index in [0.29, 0.717) is 61.7 Å². The number of amides is 3. The molecule has 1 unspecified atom stereocenters. The molecule has 0 aliphatic carbocycles. The first-order valence-electron chi connectivity index (χ1n) is 15.2. The second-order valence-electron chi connectivity index (χ2n) is 11.9. The molecule has 0 aromatic heterocycles. The van der Waals surface area contributed by atoms with Gasteiger partial charge in [0.25, 0.3) is 0 Å². The van der Waals surface area contributed by atoms with E-state index < -0.39 is 23.6 Å². The van der Waals surface area contributed by atoms with Crippen LogP contribution in [0.2, 0.25) is 0 Å². The average Bonchev–Trinajstić information content (AvgIpc) is 3.35. The number of rotatable bonds is 11. The number of benzene rings is 3. The zero-order valence-electron chi connectivity index (χ0n) is 25.4. The van der Waals surface area contributed by atoms with Gasteiger partial charge in [-0.3, -0.25) is 14.4 Å². The lowest BCUT2D eigenvalue weighted by Gasteiger charge is -2.37. The van der Waals surface area contributed by atoms with Crippen LogP contribution in [0.3, 0.4) is 0 Å². The van der Waals surface area contributed by atoms with Gasteiger partial charge in [0, 0.05) is 41.6 Å². The van der Waals surface area contributed by atoms with Crippen LogP contribution in [-0.2, 0) is 31.3 Å². The van der Waals surface area contributed by atoms with Crippen molar-refractivity contribution >= 4 is 29.1 Å². The number of unbranched alkanes of at least 4 members (excludes halogenated alkanes) is 1. The number of carbonyl (C=O) groups excluding carboxylic acids is 3. The van der Waals surface area contributed by atoms with Crippen LogP contribution in [0, 0.1) is 5.92 Å². The van der Waals surface area contributed by atoms with Gasteiger partial charge in [-0.1, -0.05) is 38.1 Å². The number of anilines is 2. The number of ether oxygens (including phenoxy) is 2. The summed E-state index contributed by atoms with van der Waals surface area (Å²) in [6.07, 6.45) is 2.20. The molecule has 2 aliphatic rings. The molecule has 7 N–H and O–H groups in total. The molecule has 0 radical (unpaired) electrons. The topological polar surface area (TPSA) is 158 Å². The fourth-order valence-electron chi connectivity index (χ4n) is 6.06. The minimum Gasteiger partial charge on any atom is -0.456 e. The molecule has 3 aromatic rings. The highest BCUT2D eigenvalue weighted by atomic mass is 16.5. The van der Waals surface area contributed by atoms with Crippen LogP contribution in [0.5, 0.6) is 11.5 Å². The van der Waals surface area contributed by atoms with Crippen LogP contribution in [0.25, 0.3) is 0 Å². The lowest BCUT2D eigenvalue weighted by molar-refractivity contribution is -0.130. The quantitative estimate of drug-likeness (QED) is 0.162. The predicted molar refractivity (Wildman–Crippen MR) is 169 cm³/mol. The highest BCUT2D eigenvalue weighted by Crippen LogP contribution is 2.56. The Morgan fingerprint density at radius 1 is 0.886 bits per heavy atom. The molecule has 10 heteroatoms. The van der Waals surface area contributed by atoms with E-state index in [-0.39, 0.29) is 17.7 Å². The number of nitrogens with one attached hydrogen (secondary N) is 3. The van der Waals surface area contributed by atoms with Gasteiger partial charge in [-0.25, -0.2) is 0 Å². The lowest BCUT2D eigenvalue weighted by atomic mass is 9.77. The highest BCUT2D eigenvalue weighted by molar-refractivity contribution is 5.98. The second kappa shape index (κ2) is 13.1. The van der Waals surface area contributed by atoms with E-state index in [1.54, 1.807) is 12.1 Å². The molecule has 0 bridgehead atoms. The third-order valence-corrected chi connectivity index (χ3v) is 8.06. The molecule has 0 saturated heterocycles. The van der Waals surface area contributed by atoms with E-state index in [9.17, 15) is 14.4 Å². The Hall–Kier alpha value is -4.41. The summed E-state index contributed by atoms with van der Waals surface area (Å²) in [5.74, 6) is 0.196. The van der Waals surface area contributed by atoms with E-state index in [2.05, 4.69) is 28.1 Å². The summed E-state index contributed by atoms with van der Waals surface area (Å²) in [4.78, 5) is 38.6. The van der Waals surface area contributed by atoms with Gasteiger partial charge in [0.2, 0.25) is 17.7 Å². The maximum Gasteiger partial charge on any atom is 0.246 e. The van der Waals surface area contributed by atoms with Crippen molar-refractivity contribution in [2.24, 2.45) is 11.7 Å². The molecule has 5 rings (SSSR count). The standard InChI is InChI=1S/C34H41N5O5/c1-20(2)16-29(37-21(3)40)33(42)39-28(10-6-7-15-35)32(41)38-24-12-14-27-31(18-24)44-30-17-23(36)11-13-26(30)34(27)25-9-5-4-8-22(25)19-43-34/h4-5,8-9,11-14,17-18,20,28-29H,6-7,10,15-16,19,35-36H2,1-3H3,(H,37,40)(H,38,41)(H,39,42)/t28-,29-,34?/m0/s1.